The van der Waals surface area contributed by atoms with Gasteiger partial charge in [-0.15, -0.1) is 0 Å². The van der Waals surface area contributed by atoms with Crippen molar-refractivity contribution >= 4 is 15.9 Å². The fraction of sp³-hybridized carbons (Fsp3) is 0.583. The lowest BCUT2D eigenvalue weighted by atomic mass is 10.2. The highest BCUT2D eigenvalue weighted by molar-refractivity contribution is 9.10. The molecule has 2 rings (SSSR count). The van der Waals surface area contributed by atoms with E-state index < -0.39 is 0 Å². The number of halogens is 1. The predicted molar refractivity (Wildman–Crippen MR) is 69.3 cm³/mol. The van der Waals surface area contributed by atoms with Crippen LogP contribution in [0.3, 0.4) is 0 Å². The molecule has 3 nitrogen and oxygen atoms in total. The molecule has 1 aromatic heterocycles. The molecule has 88 valence electrons. The number of hydrogen-bond donors (Lipinski definition) is 1. The zero-order chi connectivity index (χ0) is 11.4. The van der Waals surface area contributed by atoms with Gasteiger partial charge in [0.15, 0.2) is 0 Å². The molecule has 0 aromatic carbocycles. The Morgan fingerprint density at radius 2 is 2.44 bits per heavy atom. The third-order valence-electron chi connectivity index (χ3n) is 2.94. The zero-order valence-electron chi connectivity index (χ0n) is 9.62. The molecular formula is C12H18BrN3. The maximum absolute atomic E-state index is 4.24. The maximum Gasteiger partial charge on any atom is 0.106 e. The van der Waals surface area contributed by atoms with Crippen molar-refractivity contribution in [1.29, 1.82) is 0 Å². The van der Waals surface area contributed by atoms with Crippen molar-refractivity contribution in [3.8, 4) is 0 Å². The van der Waals surface area contributed by atoms with E-state index in [1.165, 1.54) is 24.9 Å². The standard InChI is InChI=1S/C12H18BrN3/c1-16(9-11-3-2-6-14-11)8-10-4-5-12(13)15-7-10/h4-5,7,11,14H,2-3,6,8-9H2,1H3. The normalized spacial score (nSPS) is 20.6. The van der Waals surface area contributed by atoms with Crippen molar-refractivity contribution in [3.63, 3.8) is 0 Å². The molecule has 0 amide bonds. The van der Waals surface area contributed by atoms with Gasteiger partial charge in [-0.3, -0.25) is 0 Å². The number of pyridine rings is 1. The van der Waals surface area contributed by atoms with Crippen LogP contribution in [0, 0.1) is 0 Å². The van der Waals surface area contributed by atoms with Crippen molar-refractivity contribution in [1.82, 2.24) is 15.2 Å². The van der Waals surface area contributed by atoms with E-state index in [-0.39, 0.29) is 0 Å². The smallest absolute Gasteiger partial charge is 0.106 e. The van der Waals surface area contributed by atoms with Crippen LogP contribution in [0.25, 0.3) is 0 Å². The van der Waals surface area contributed by atoms with Gasteiger partial charge in [-0.1, -0.05) is 6.07 Å². The van der Waals surface area contributed by atoms with Gasteiger partial charge in [0, 0.05) is 25.3 Å². The molecule has 0 bridgehead atoms. The molecule has 1 N–H and O–H groups in total. The van der Waals surface area contributed by atoms with E-state index >= 15 is 0 Å². The number of rotatable bonds is 4. The highest BCUT2D eigenvalue weighted by Gasteiger charge is 2.15. The van der Waals surface area contributed by atoms with E-state index in [9.17, 15) is 0 Å². The minimum atomic E-state index is 0.674. The maximum atomic E-state index is 4.24. The van der Waals surface area contributed by atoms with Gasteiger partial charge in [0.25, 0.3) is 0 Å². The van der Waals surface area contributed by atoms with E-state index in [1.54, 1.807) is 0 Å². The fourth-order valence-corrected chi connectivity index (χ4v) is 2.40. The summed E-state index contributed by atoms with van der Waals surface area (Å²) in [6, 6.07) is 4.79. The lowest BCUT2D eigenvalue weighted by Gasteiger charge is -2.20. The van der Waals surface area contributed by atoms with Crippen molar-refractivity contribution in [3.05, 3.63) is 28.5 Å². The van der Waals surface area contributed by atoms with E-state index in [0.717, 1.165) is 17.7 Å². The second kappa shape index (κ2) is 5.75. The van der Waals surface area contributed by atoms with Crippen LogP contribution in [0.1, 0.15) is 18.4 Å². The Hall–Kier alpha value is -0.450. The lowest BCUT2D eigenvalue weighted by molar-refractivity contribution is 0.293. The minimum Gasteiger partial charge on any atom is -0.313 e. The molecule has 1 atom stereocenters. The molecule has 0 spiro atoms. The number of hydrogen-bond acceptors (Lipinski definition) is 3. The average molecular weight is 284 g/mol. The van der Waals surface area contributed by atoms with Crippen LogP contribution in [0.4, 0.5) is 0 Å². The van der Waals surface area contributed by atoms with Crippen LogP contribution in [0.5, 0.6) is 0 Å². The Bertz CT molecular complexity index is 320. The fourth-order valence-electron chi connectivity index (χ4n) is 2.16. The number of nitrogens with zero attached hydrogens (tertiary/aromatic N) is 2. The van der Waals surface area contributed by atoms with Gasteiger partial charge in [0.2, 0.25) is 0 Å². The minimum absolute atomic E-state index is 0.674. The third kappa shape index (κ3) is 3.54. The quantitative estimate of drug-likeness (QED) is 0.857. The topological polar surface area (TPSA) is 28.2 Å². The molecule has 0 saturated carbocycles. The summed E-state index contributed by atoms with van der Waals surface area (Å²) < 4.78 is 0.899. The first-order chi connectivity index (χ1) is 7.74. The Morgan fingerprint density at radius 1 is 1.56 bits per heavy atom. The monoisotopic (exact) mass is 283 g/mol. The zero-order valence-corrected chi connectivity index (χ0v) is 11.2. The molecule has 16 heavy (non-hydrogen) atoms. The van der Waals surface area contributed by atoms with Gasteiger partial charge in [0.05, 0.1) is 0 Å². The van der Waals surface area contributed by atoms with Crippen LogP contribution in [0.2, 0.25) is 0 Å². The van der Waals surface area contributed by atoms with Gasteiger partial charge < -0.3 is 10.2 Å². The van der Waals surface area contributed by atoms with E-state index in [1.807, 2.05) is 12.3 Å². The SMILES string of the molecule is CN(Cc1ccc(Br)nc1)CC1CCCN1. The molecule has 0 radical (unpaired) electrons. The summed E-state index contributed by atoms with van der Waals surface area (Å²) >= 11 is 3.35. The summed E-state index contributed by atoms with van der Waals surface area (Å²) in [5.41, 5.74) is 1.27. The molecule has 1 saturated heterocycles. The Balaban J connectivity index is 1.81. The van der Waals surface area contributed by atoms with Crippen LogP contribution in [0.15, 0.2) is 22.9 Å². The summed E-state index contributed by atoms with van der Waals surface area (Å²) in [5, 5.41) is 3.52. The molecule has 1 aliphatic rings. The first-order valence-corrected chi connectivity index (χ1v) is 6.56. The third-order valence-corrected chi connectivity index (χ3v) is 3.40. The van der Waals surface area contributed by atoms with Crippen LogP contribution in [-0.2, 0) is 6.54 Å². The molecule has 1 aliphatic heterocycles. The Kier molecular flexibility index (Phi) is 4.32. The number of nitrogens with one attached hydrogen (secondary N) is 1. The second-order valence-electron chi connectivity index (χ2n) is 4.48. The molecule has 4 heteroatoms. The van der Waals surface area contributed by atoms with Crippen LogP contribution in [-0.4, -0.2) is 36.1 Å². The van der Waals surface area contributed by atoms with Crippen molar-refractivity contribution in [2.24, 2.45) is 0 Å². The molecule has 2 heterocycles. The number of likely N-dealkylation sites (N-methyl/N-ethyl adjacent to an activating group) is 1. The van der Waals surface area contributed by atoms with Crippen molar-refractivity contribution in [2.45, 2.75) is 25.4 Å². The predicted octanol–water partition coefficient (Wildman–Crippen LogP) is 2.03. The molecular weight excluding hydrogens is 266 g/mol. The van der Waals surface area contributed by atoms with E-state index in [4.69, 9.17) is 0 Å². The van der Waals surface area contributed by atoms with Crippen molar-refractivity contribution in [2.75, 3.05) is 20.1 Å². The van der Waals surface area contributed by atoms with Gasteiger partial charge >= 0.3 is 0 Å². The van der Waals surface area contributed by atoms with Gasteiger partial charge in [-0.05, 0) is 54.0 Å². The first kappa shape index (κ1) is 12.0. The van der Waals surface area contributed by atoms with Gasteiger partial charge in [-0.2, -0.15) is 0 Å². The molecule has 1 fully saturated rings. The Labute approximate surface area is 105 Å². The lowest BCUT2D eigenvalue weighted by Crippen LogP contribution is -2.34. The molecule has 1 aromatic rings. The summed E-state index contributed by atoms with van der Waals surface area (Å²) in [6.45, 7) is 3.27. The van der Waals surface area contributed by atoms with Gasteiger partial charge in [-0.25, -0.2) is 4.98 Å². The highest BCUT2D eigenvalue weighted by Crippen LogP contribution is 2.10. The second-order valence-corrected chi connectivity index (χ2v) is 5.29. The van der Waals surface area contributed by atoms with Crippen molar-refractivity contribution < 1.29 is 0 Å². The summed E-state index contributed by atoms with van der Waals surface area (Å²) in [4.78, 5) is 6.59. The summed E-state index contributed by atoms with van der Waals surface area (Å²) in [6.07, 6.45) is 4.56. The van der Waals surface area contributed by atoms with E-state index in [0.29, 0.717) is 6.04 Å². The Morgan fingerprint density at radius 3 is 3.06 bits per heavy atom. The highest BCUT2D eigenvalue weighted by atomic mass is 79.9. The summed E-state index contributed by atoms with van der Waals surface area (Å²) in [7, 11) is 2.17. The van der Waals surface area contributed by atoms with Gasteiger partial charge in [0.1, 0.15) is 4.60 Å². The molecule has 0 aliphatic carbocycles. The van der Waals surface area contributed by atoms with E-state index in [2.05, 4.69) is 44.2 Å². The van der Waals surface area contributed by atoms with Crippen LogP contribution >= 0.6 is 15.9 Å². The largest absolute Gasteiger partial charge is 0.313 e. The number of aromatic nitrogens is 1. The van der Waals surface area contributed by atoms with Crippen LogP contribution < -0.4 is 5.32 Å². The first-order valence-electron chi connectivity index (χ1n) is 5.76. The summed E-state index contributed by atoms with van der Waals surface area (Å²) in [5.74, 6) is 0. The molecule has 1 unspecified atom stereocenters. The average Bonchev–Trinajstić information content (AvgIpc) is 2.74.